The van der Waals surface area contributed by atoms with Gasteiger partial charge in [0, 0.05) is 25.5 Å². The molecule has 1 saturated heterocycles. The fourth-order valence-electron chi connectivity index (χ4n) is 2.81. The van der Waals surface area contributed by atoms with Crippen molar-refractivity contribution >= 4 is 17.2 Å². The maximum Gasteiger partial charge on any atom is 0.265 e. The van der Waals surface area contributed by atoms with E-state index in [0.717, 1.165) is 38.4 Å². The number of aromatic nitrogens is 3. The molecule has 1 amide bonds. The molecule has 0 spiro atoms. The number of thiazole rings is 1. The predicted octanol–water partition coefficient (Wildman–Crippen LogP) is 2.06. The van der Waals surface area contributed by atoms with Crippen molar-refractivity contribution in [2.75, 3.05) is 26.7 Å². The summed E-state index contributed by atoms with van der Waals surface area (Å²) in [6, 6.07) is 1.77. The minimum Gasteiger partial charge on any atom is -0.338 e. The fraction of sp³-hybridized carbons (Fsp3) is 0.500. The van der Waals surface area contributed by atoms with E-state index in [9.17, 15) is 4.79 Å². The molecule has 3 rings (SSSR count). The summed E-state index contributed by atoms with van der Waals surface area (Å²) >= 11 is 1.37. The summed E-state index contributed by atoms with van der Waals surface area (Å²) in [5.41, 5.74) is 0. The van der Waals surface area contributed by atoms with Crippen molar-refractivity contribution in [2.45, 2.75) is 19.3 Å². The molecule has 1 N–H and O–H groups in total. The molecular weight excluding hydrogens is 310 g/mol. The SMILES string of the molecule is CNCCC1CCN(C(=O)c2cnc(-c3ncccn3)s2)CC1. The Balaban J connectivity index is 1.60. The van der Waals surface area contributed by atoms with Gasteiger partial charge < -0.3 is 10.2 Å². The lowest BCUT2D eigenvalue weighted by Gasteiger charge is -2.31. The van der Waals surface area contributed by atoms with Crippen LogP contribution in [-0.4, -0.2) is 52.4 Å². The monoisotopic (exact) mass is 331 g/mol. The van der Waals surface area contributed by atoms with Gasteiger partial charge in [-0.3, -0.25) is 4.79 Å². The number of carbonyl (C=O) groups excluding carboxylic acids is 1. The zero-order valence-electron chi connectivity index (χ0n) is 13.2. The van der Waals surface area contributed by atoms with Crippen molar-refractivity contribution in [3.63, 3.8) is 0 Å². The van der Waals surface area contributed by atoms with Crippen LogP contribution in [0.3, 0.4) is 0 Å². The van der Waals surface area contributed by atoms with Gasteiger partial charge in [-0.25, -0.2) is 15.0 Å². The van der Waals surface area contributed by atoms with Crippen LogP contribution in [0, 0.1) is 5.92 Å². The van der Waals surface area contributed by atoms with Gasteiger partial charge in [0.25, 0.3) is 5.91 Å². The summed E-state index contributed by atoms with van der Waals surface area (Å²) in [5.74, 6) is 1.38. The molecule has 2 aromatic rings. The lowest BCUT2D eigenvalue weighted by molar-refractivity contribution is 0.0692. The van der Waals surface area contributed by atoms with Crippen molar-refractivity contribution in [1.82, 2.24) is 25.2 Å². The van der Waals surface area contributed by atoms with E-state index in [4.69, 9.17) is 0 Å². The van der Waals surface area contributed by atoms with E-state index in [0.29, 0.717) is 15.7 Å². The second-order valence-corrected chi connectivity index (χ2v) is 6.76. The molecule has 0 aliphatic carbocycles. The molecule has 0 saturated carbocycles. The summed E-state index contributed by atoms with van der Waals surface area (Å²) in [6.45, 7) is 2.72. The normalized spacial score (nSPS) is 15.8. The number of nitrogens with zero attached hydrogens (tertiary/aromatic N) is 4. The smallest absolute Gasteiger partial charge is 0.265 e. The maximum atomic E-state index is 12.6. The average molecular weight is 331 g/mol. The molecule has 2 aromatic heterocycles. The highest BCUT2D eigenvalue weighted by Crippen LogP contribution is 2.25. The van der Waals surface area contributed by atoms with Gasteiger partial charge in [0.05, 0.1) is 6.20 Å². The molecular formula is C16H21N5OS. The lowest BCUT2D eigenvalue weighted by Crippen LogP contribution is -2.38. The van der Waals surface area contributed by atoms with Crippen LogP contribution >= 0.6 is 11.3 Å². The van der Waals surface area contributed by atoms with E-state index in [-0.39, 0.29) is 5.91 Å². The second kappa shape index (κ2) is 7.61. The van der Waals surface area contributed by atoms with E-state index < -0.39 is 0 Å². The predicted molar refractivity (Wildman–Crippen MR) is 90.3 cm³/mol. The number of carbonyl (C=O) groups is 1. The first-order valence-electron chi connectivity index (χ1n) is 7.95. The van der Waals surface area contributed by atoms with Crippen LogP contribution in [0.4, 0.5) is 0 Å². The minimum absolute atomic E-state index is 0.0803. The van der Waals surface area contributed by atoms with Crippen LogP contribution in [0.5, 0.6) is 0 Å². The summed E-state index contributed by atoms with van der Waals surface area (Å²) in [4.78, 5) is 27.9. The van der Waals surface area contributed by atoms with Crippen molar-refractivity contribution in [3.05, 3.63) is 29.5 Å². The van der Waals surface area contributed by atoms with Gasteiger partial charge in [-0.1, -0.05) is 0 Å². The molecule has 0 radical (unpaired) electrons. The third kappa shape index (κ3) is 3.92. The van der Waals surface area contributed by atoms with E-state index in [1.807, 2.05) is 11.9 Å². The Labute approximate surface area is 140 Å². The Hall–Kier alpha value is -1.86. The van der Waals surface area contributed by atoms with E-state index >= 15 is 0 Å². The molecule has 1 aliphatic rings. The first kappa shape index (κ1) is 16.0. The van der Waals surface area contributed by atoms with E-state index in [1.54, 1.807) is 24.7 Å². The fourth-order valence-corrected chi connectivity index (χ4v) is 3.65. The number of amides is 1. The highest BCUT2D eigenvalue weighted by atomic mass is 32.1. The minimum atomic E-state index is 0.0803. The van der Waals surface area contributed by atoms with Crippen molar-refractivity contribution < 1.29 is 4.79 Å². The van der Waals surface area contributed by atoms with E-state index in [1.165, 1.54) is 17.8 Å². The second-order valence-electron chi connectivity index (χ2n) is 5.73. The molecule has 0 aromatic carbocycles. The Bertz CT molecular complexity index is 637. The molecule has 1 aliphatic heterocycles. The molecule has 6 nitrogen and oxygen atoms in total. The van der Waals surface area contributed by atoms with Crippen molar-refractivity contribution in [3.8, 4) is 10.8 Å². The lowest BCUT2D eigenvalue weighted by atomic mass is 9.93. The van der Waals surface area contributed by atoms with Crippen LogP contribution in [0.15, 0.2) is 24.7 Å². The summed E-state index contributed by atoms with van der Waals surface area (Å²) < 4.78 is 0. The maximum absolute atomic E-state index is 12.6. The Morgan fingerprint density at radius 1 is 1.30 bits per heavy atom. The summed E-state index contributed by atoms with van der Waals surface area (Å²) in [5, 5.41) is 3.89. The summed E-state index contributed by atoms with van der Waals surface area (Å²) in [6.07, 6.45) is 8.37. The number of hydrogen-bond acceptors (Lipinski definition) is 6. The van der Waals surface area contributed by atoms with Gasteiger partial charge in [-0.2, -0.15) is 0 Å². The van der Waals surface area contributed by atoms with Crippen LogP contribution in [-0.2, 0) is 0 Å². The molecule has 0 bridgehead atoms. The molecule has 0 atom stereocenters. The standard InChI is InChI=1S/C16H21N5OS/c1-17-8-3-12-4-9-21(10-5-12)16(22)13-11-20-15(23-13)14-18-6-2-7-19-14/h2,6-7,11-12,17H,3-5,8-10H2,1H3. The van der Waals surface area contributed by atoms with Gasteiger partial charge in [-0.05, 0) is 44.8 Å². The molecule has 7 heteroatoms. The first-order valence-corrected chi connectivity index (χ1v) is 8.76. The van der Waals surface area contributed by atoms with Crippen LogP contribution in [0.25, 0.3) is 10.8 Å². The number of likely N-dealkylation sites (tertiary alicyclic amines) is 1. The first-order chi connectivity index (χ1) is 11.3. The molecule has 0 unspecified atom stereocenters. The number of hydrogen-bond donors (Lipinski definition) is 1. The average Bonchev–Trinajstić information content (AvgIpc) is 3.11. The van der Waals surface area contributed by atoms with E-state index in [2.05, 4.69) is 20.3 Å². The quantitative estimate of drug-likeness (QED) is 0.908. The van der Waals surface area contributed by atoms with Crippen molar-refractivity contribution in [2.24, 2.45) is 5.92 Å². The Morgan fingerprint density at radius 3 is 2.74 bits per heavy atom. The van der Waals surface area contributed by atoms with Crippen LogP contribution < -0.4 is 5.32 Å². The highest BCUT2D eigenvalue weighted by molar-refractivity contribution is 7.16. The third-order valence-corrected chi connectivity index (χ3v) is 5.16. The Kier molecular flexibility index (Phi) is 5.30. The molecule has 3 heterocycles. The van der Waals surface area contributed by atoms with Gasteiger partial charge in [-0.15, -0.1) is 11.3 Å². The van der Waals surface area contributed by atoms with Crippen LogP contribution in [0.1, 0.15) is 28.9 Å². The zero-order chi connectivity index (χ0) is 16.1. The van der Waals surface area contributed by atoms with Crippen LogP contribution in [0.2, 0.25) is 0 Å². The number of rotatable bonds is 5. The number of piperidine rings is 1. The Morgan fingerprint density at radius 2 is 2.04 bits per heavy atom. The highest BCUT2D eigenvalue weighted by Gasteiger charge is 2.25. The zero-order valence-corrected chi connectivity index (χ0v) is 14.1. The molecule has 1 fully saturated rings. The largest absolute Gasteiger partial charge is 0.338 e. The molecule has 23 heavy (non-hydrogen) atoms. The van der Waals surface area contributed by atoms with Crippen molar-refractivity contribution in [1.29, 1.82) is 0 Å². The van der Waals surface area contributed by atoms with Gasteiger partial charge in [0.2, 0.25) is 0 Å². The topological polar surface area (TPSA) is 71.0 Å². The molecule has 122 valence electrons. The van der Waals surface area contributed by atoms with Gasteiger partial charge in [0.15, 0.2) is 10.8 Å². The van der Waals surface area contributed by atoms with Gasteiger partial charge in [0.1, 0.15) is 4.88 Å². The summed E-state index contributed by atoms with van der Waals surface area (Å²) in [7, 11) is 1.98. The van der Waals surface area contributed by atoms with Gasteiger partial charge >= 0.3 is 0 Å². The number of nitrogens with one attached hydrogen (secondary N) is 1. The third-order valence-electron chi connectivity index (χ3n) is 4.18.